The van der Waals surface area contributed by atoms with Crippen molar-refractivity contribution in [3.63, 3.8) is 0 Å². The van der Waals surface area contributed by atoms with Crippen LogP contribution in [0.1, 0.15) is 49.8 Å². The molecule has 2 rings (SSSR count). The summed E-state index contributed by atoms with van der Waals surface area (Å²) in [5.41, 5.74) is 1.98. The maximum Gasteiger partial charge on any atom is 0.306 e. The van der Waals surface area contributed by atoms with Crippen LogP contribution in [0.3, 0.4) is 0 Å². The first-order chi connectivity index (χ1) is 11.3. The molecule has 0 bridgehead atoms. The Hall–Kier alpha value is -2.37. The van der Waals surface area contributed by atoms with Crippen molar-refractivity contribution >= 4 is 17.8 Å². The van der Waals surface area contributed by atoms with Gasteiger partial charge in [0.2, 0.25) is 11.8 Å². The first-order valence-corrected chi connectivity index (χ1v) is 8.21. The number of rotatable bonds is 6. The number of benzene rings is 1. The van der Waals surface area contributed by atoms with Crippen molar-refractivity contribution in [2.24, 2.45) is 5.92 Å². The molecule has 6 nitrogen and oxygen atoms in total. The Kier molecular flexibility index (Phi) is 5.95. The van der Waals surface area contributed by atoms with Gasteiger partial charge in [0, 0.05) is 13.0 Å². The second kappa shape index (κ2) is 7.95. The van der Waals surface area contributed by atoms with E-state index < -0.39 is 5.97 Å². The molecule has 3 N–H and O–H groups in total. The Morgan fingerprint density at radius 2 is 1.88 bits per heavy atom. The number of aliphatic carboxylic acids is 1. The summed E-state index contributed by atoms with van der Waals surface area (Å²) in [4.78, 5) is 34.7. The predicted molar refractivity (Wildman–Crippen MR) is 89.3 cm³/mol. The van der Waals surface area contributed by atoms with E-state index in [-0.39, 0.29) is 36.2 Å². The summed E-state index contributed by atoms with van der Waals surface area (Å²) in [6, 6.07) is 7.19. The zero-order chi connectivity index (χ0) is 17.7. The van der Waals surface area contributed by atoms with E-state index in [1.54, 1.807) is 0 Å². The summed E-state index contributed by atoms with van der Waals surface area (Å²) < 4.78 is 0. The molecule has 0 aliphatic heterocycles. The predicted octanol–water partition coefficient (Wildman–Crippen LogP) is 1.93. The van der Waals surface area contributed by atoms with Gasteiger partial charge in [-0.1, -0.05) is 29.8 Å². The van der Waals surface area contributed by atoms with Crippen LogP contribution in [0.25, 0.3) is 0 Å². The molecule has 1 aliphatic carbocycles. The summed E-state index contributed by atoms with van der Waals surface area (Å²) in [5, 5.41) is 14.7. The number of hydrogen-bond donors (Lipinski definition) is 3. The van der Waals surface area contributed by atoms with Gasteiger partial charge in [0.1, 0.15) is 0 Å². The Balaban J connectivity index is 1.96. The van der Waals surface area contributed by atoms with E-state index in [0.29, 0.717) is 19.3 Å². The van der Waals surface area contributed by atoms with Crippen molar-refractivity contribution in [3.8, 4) is 0 Å². The van der Waals surface area contributed by atoms with Gasteiger partial charge in [0.05, 0.1) is 18.4 Å². The number of aryl methyl sites for hydroxylation is 1. The van der Waals surface area contributed by atoms with E-state index in [1.807, 2.05) is 31.2 Å². The third-order valence-electron chi connectivity index (χ3n) is 4.39. The van der Waals surface area contributed by atoms with Crippen LogP contribution >= 0.6 is 0 Å². The van der Waals surface area contributed by atoms with Crippen LogP contribution in [-0.4, -0.2) is 28.9 Å². The summed E-state index contributed by atoms with van der Waals surface area (Å²) in [5.74, 6) is -1.55. The molecule has 0 aromatic heterocycles. The molecule has 130 valence electrons. The molecular weight excluding hydrogens is 308 g/mol. The molecule has 6 heteroatoms. The number of carbonyl (C=O) groups excluding carboxylic acids is 2. The van der Waals surface area contributed by atoms with Gasteiger partial charge in [-0.15, -0.1) is 0 Å². The molecule has 0 heterocycles. The molecule has 1 saturated carbocycles. The van der Waals surface area contributed by atoms with Gasteiger partial charge in [-0.2, -0.15) is 0 Å². The minimum atomic E-state index is -0.803. The Morgan fingerprint density at radius 1 is 1.21 bits per heavy atom. The van der Waals surface area contributed by atoms with Crippen LogP contribution in [-0.2, 0) is 14.4 Å². The quantitative estimate of drug-likeness (QED) is 0.742. The highest BCUT2D eigenvalue weighted by Gasteiger charge is 2.31. The SMILES string of the molecule is CC(=O)NC(CC(=O)N[C@H]1CC[C@@H](C(=O)O)C1)c1ccc(C)cc1. The van der Waals surface area contributed by atoms with E-state index in [0.717, 1.165) is 11.1 Å². The number of carbonyl (C=O) groups is 3. The number of carboxylic acids is 1. The fourth-order valence-electron chi connectivity index (χ4n) is 3.11. The van der Waals surface area contributed by atoms with Gasteiger partial charge in [0.15, 0.2) is 0 Å². The van der Waals surface area contributed by atoms with Crippen molar-refractivity contribution in [2.45, 2.75) is 51.6 Å². The molecule has 1 aromatic rings. The topological polar surface area (TPSA) is 95.5 Å². The van der Waals surface area contributed by atoms with Crippen molar-refractivity contribution < 1.29 is 19.5 Å². The van der Waals surface area contributed by atoms with E-state index >= 15 is 0 Å². The van der Waals surface area contributed by atoms with Crippen molar-refractivity contribution in [1.82, 2.24) is 10.6 Å². The van der Waals surface area contributed by atoms with Crippen LogP contribution in [0.15, 0.2) is 24.3 Å². The summed E-state index contributed by atoms with van der Waals surface area (Å²) >= 11 is 0. The molecule has 3 atom stereocenters. The molecule has 0 radical (unpaired) electrons. The van der Waals surface area contributed by atoms with Gasteiger partial charge in [0.25, 0.3) is 0 Å². The highest BCUT2D eigenvalue weighted by atomic mass is 16.4. The molecule has 0 spiro atoms. The second-order valence-corrected chi connectivity index (χ2v) is 6.48. The lowest BCUT2D eigenvalue weighted by Gasteiger charge is -2.20. The fourth-order valence-corrected chi connectivity index (χ4v) is 3.11. The van der Waals surface area contributed by atoms with Crippen LogP contribution < -0.4 is 10.6 Å². The van der Waals surface area contributed by atoms with Crippen LogP contribution in [0.5, 0.6) is 0 Å². The Morgan fingerprint density at radius 3 is 2.42 bits per heavy atom. The number of amides is 2. The molecule has 0 saturated heterocycles. The lowest BCUT2D eigenvalue weighted by molar-refractivity contribution is -0.141. The van der Waals surface area contributed by atoms with E-state index in [9.17, 15) is 14.4 Å². The smallest absolute Gasteiger partial charge is 0.306 e. The van der Waals surface area contributed by atoms with E-state index in [2.05, 4.69) is 10.6 Å². The maximum atomic E-state index is 12.3. The first-order valence-electron chi connectivity index (χ1n) is 8.21. The average molecular weight is 332 g/mol. The maximum absolute atomic E-state index is 12.3. The Bertz CT molecular complexity index is 612. The number of carboxylic acid groups (broad SMARTS) is 1. The summed E-state index contributed by atoms with van der Waals surface area (Å²) in [6.07, 6.45) is 1.87. The van der Waals surface area contributed by atoms with E-state index in [4.69, 9.17) is 5.11 Å². The van der Waals surface area contributed by atoms with Gasteiger partial charge < -0.3 is 15.7 Å². The molecule has 1 unspecified atom stereocenters. The monoisotopic (exact) mass is 332 g/mol. The third kappa shape index (κ3) is 5.08. The molecule has 2 amide bonds. The number of nitrogens with one attached hydrogen (secondary N) is 2. The third-order valence-corrected chi connectivity index (χ3v) is 4.39. The van der Waals surface area contributed by atoms with Crippen LogP contribution in [0, 0.1) is 12.8 Å². The second-order valence-electron chi connectivity index (χ2n) is 6.48. The van der Waals surface area contributed by atoms with Gasteiger partial charge >= 0.3 is 5.97 Å². The van der Waals surface area contributed by atoms with Crippen molar-refractivity contribution in [1.29, 1.82) is 0 Å². The van der Waals surface area contributed by atoms with Gasteiger partial charge in [-0.3, -0.25) is 14.4 Å². The Labute approximate surface area is 141 Å². The standard InChI is InChI=1S/C18H24N2O4/c1-11-3-5-13(6-4-11)16(19-12(2)21)10-17(22)20-15-8-7-14(9-15)18(23)24/h3-6,14-16H,7-10H2,1-2H3,(H,19,21)(H,20,22)(H,23,24)/t14-,15+,16?/m1/s1. The molecule has 1 aliphatic rings. The first kappa shape index (κ1) is 18.0. The van der Waals surface area contributed by atoms with Crippen LogP contribution in [0.2, 0.25) is 0 Å². The van der Waals surface area contributed by atoms with Gasteiger partial charge in [-0.25, -0.2) is 0 Å². The highest BCUT2D eigenvalue weighted by molar-refractivity contribution is 5.79. The normalized spacial score (nSPS) is 21.1. The van der Waals surface area contributed by atoms with Crippen molar-refractivity contribution in [3.05, 3.63) is 35.4 Å². The minimum Gasteiger partial charge on any atom is -0.481 e. The summed E-state index contributed by atoms with van der Waals surface area (Å²) in [6.45, 7) is 3.40. The molecular formula is C18H24N2O4. The van der Waals surface area contributed by atoms with Crippen molar-refractivity contribution in [2.75, 3.05) is 0 Å². The molecule has 1 fully saturated rings. The molecule has 1 aromatic carbocycles. The zero-order valence-electron chi connectivity index (χ0n) is 14.0. The van der Waals surface area contributed by atoms with Gasteiger partial charge in [-0.05, 0) is 31.7 Å². The zero-order valence-corrected chi connectivity index (χ0v) is 14.0. The van der Waals surface area contributed by atoms with Crippen LogP contribution in [0.4, 0.5) is 0 Å². The highest BCUT2D eigenvalue weighted by Crippen LogP contribution is 2.26. The lowest BCUT2D eigenvalue weighted by Crippen LogP contribution is -2.37. The minimum absolute atomic E-state index is 0.102. The average Bonchev–Trinajstić information content (AvgIpc) is 2.95. The molecule has 24 heavy (non-hydrogen) atoms. The van der Waals surface area contributed by atoms with E-state index in [1.165, 1.54) is 6.92 Å². The number of hydrogen-bond acceptors (Lipinski definition) is 3. The fraction of sp³-hybridized carbons (Fsp3) is 0.500. The lowest BCUT2D eigenvalue weighted by atomic mass is 10.0. The largest absolute Gasteiger partial charge is 0.481 e. The summed E-state index contributed by atoms with van der Waals surface area (Å²) in [7, 11) is 0.